The summed E-state index contributed by atoms with van der Waals surface area (Å²) in [4.78, 5) is 24.2. The first-order chi connectivity index (χ1) is 15.0. The molecule has 0 aliphatic carbocycles. The third kappa shape index (κ3) is 3.98. The number of aliphatic imine (C=N–C) groups is 1. The molecule has 4 aliphatic rings. The number of esters is 1. The number of aromatic nitrogens is 1. The second-order valence-electron chi connectivity index (χ2n) is 7.70. The smallest absolute Gasteiger partial charge is 0.338 e. The zero-order chi connectivity index (χ0) is 21.5. The van der Waals surface area contributed by atoms with E-state index in [0.717, 1.165) is 19.5 Å². The van der Waals surface area contributed by atoms with Gasteiger partial charge in [0.15, 0.2) is 10.8 Å². The lowest BCUT2D eigenvalue weighted by Crippen LogP contribution is -2.58. The summed E-state index contributed by atoms with van der Waals surface area (Å²) in [6, 6.07) is 3.35. The van der Waals surface area contributed by atoms with Crippen LogP contribution in [-0.4, -0.2) is 60.6 Å². The molecule has 31 heavy (non-hydrogen) atoms. The van der Waals surface area contributed by atoms with Crippen LogP contribution in [0.5, 0.6) is 0 Å². The van der Waals surface area contributed by atoms with Crippen molar-refractivity contribution in [2.45, 2.75) is 24.7 Å². The first kappa shape index (κ1) is 20.6. The summed E-state index contributed by atoms with van der Waals surface area (Å²) in [5, 5.41) is 6.05. The Balaban J connectivity index is 1.58. The van der Waals surface area contributed by atoms with Gasteiger partial charge in [0.05, 0.1) is 24.9 Å². The molecule has 2 unspecified atom stereocenters. The van der Waals surface area contributed by atoms with Crippen LogP contribution in [0.3, 0.4) is 0 Å². The normalized spacial score (nSPS) is 25.5. The van der Waals surface area contributed by atoms with Gasteiger partial charge in [-0.3, -0.25) is 9.89 Å². The van der Waals surface area contributed by atoms with Crippen molar-refractivity contribution in [2.24, 2.45) is 4.99 Å². The average Bonchev–Trinajstić information content (AvgIpc) is 3.27. The first-order valence-corrected chi connectivity index (χ1v) is 11.2. The Hall–Kier alpha value is -2.33. The van der Waals surface area contributed by atoms with Crippen LogP contribution in [0.1, 0.15) is 23.0 Å². The van der Waals surface area contributed by atoms with Crippen molar-refractivity contribution in [2.75, 3.05) is 26.7 Å². The maximum absolute atomic E-state index is 13.7. The minimum atomic E-state index is -0.744. The van der Waals surface area contributed by atoms with E-state index >= 15 is 0 Å². The molecule has 3 saturated heterocycles. The Morgan fingerprint density at radius 2 is 2.19 bits per heavy atom. The lowest BCUT2D eigenvalue weighted by atomic mass is 9.94. The number of carbonyl (C=O) groups is 1. The Kier molecular flexibility index (Phi) is 5.51. The average molecular weight is 463 g/mol. The Morgan fingerprint density at radius 1 is 1.42 bits per heavy atom. The van der Waals surface area contributed by atoms with Gasteiger partial charge in [0, 0.05) is 53.9 Å². The number of amidine groups is 1. The highest BCUT2D eigenvalue weighted by molar-refractivity contribution is 7.11. The van der Waals surface area contributed by atoms with Gasteiger partial charge in [-0.25, -0.2) is 14.2 Å². The van der Waals surface area contributed by atoms with Crippen LogP contribution in [0.4, 0.5) is 4.39 Å². The van der Waals surface area contributed by atoms with Gasteiger partial charge in [0.25, 0.3) is 0 Å². The summed E-state index contributed by atoms with van der Waals surface area (Å²) in [5.41, 5.74) is 1.57. The molecule has 4 aliphatic heterocycles. The maximum Gasteiger partial charge on any atom is 0.338 e. The van der Waals surface area contributed by atoms with Gasteiger partial charge in [0.1, 0.15) is 11.9 Å². The van der Waals surface area contributed by atoms with Gasteiger partial charge in [-0.1, -0.05) is 17.7 Å². The number of piperidine rings is 1. The van der Waals surface area contributed by atoms with Crippen molar-refractivity contribution in [3.63, 3.8) is 0 Å². The van der Waals surface area contributed by atoms with E-state index in [4.69, 9.17) is 26.1 Å². The largest absolute Gasteiger partial charge is 0.466 e. The number of nitrogens with one attached hydrogen (secondary N) is 1. The fourth-order valence-electron chi connectivity index (χ4n) is 4.26. The van der Waals surface area contributed by atoms with Crippen molar-refractivity contribution < 1.29 is 18.7 Å². The number of morpholine rings is 1. The molecule has 1 aromatic carbocycles. The third-order valence-corrected chi connectivity index (χ3v) is 6.75. The number of halogens is 2. The van der Waals surface area contributed by atoms with Crippen molar-refractivity contribution in [3.8, 4) is 0 Å². The number of benzene rings is 1. The monoisotopic (exact) mass is 462 g/mol. The van der Waals surface area contributed by atoms with E-state index in [1.165, 1.54) is 30.6 Å². The second kappa shape index (κ2) is 8.31. The van der Waals surface area contributed by atoms with E-state index in [9.17, 15) is 9.18 Å². The number of carbonyl (C=O) groups excluding carboxylic acids is 1. The van der Waals surface area contributed by atoms with Crippen molar-refractivity contribution in [1.29, 1.82) is 0 Å². The Morgan fingerprint density at radius 3 is 2.84 bits per heavy atom. The van der Waals surface area contributed by atoms with E-state index in [-0.39, 0.29) is 17.2 Å². The summed E-state index contributed by atoms with van der Waals surface area (Å²) in [6.07, 6.45) is 3.24. The van der Waals surface area contributed by atoms with Crippen LogP contribution in [-0.2, 0) is 14.3 Å². The lowest BCUT2D eigenvalue weighted by molar-refractivity contribution is -0.179. The zero-order valence-corrected chi connectivity index (χ0v) is 18.3. The molecule has 2 aromatic rings. The molecule has 0 amide bonds. The molecule has 2 bridgehead atoms. The number of rotatable bonds is 5. The molecular weight excluding hydrogens is 443 g/mol. The van der Waals surface area contributed by atoms with Crippen molar-refractivity contribution in [1.82, 2.24) is 15.2 Å². The second-order valence-corrected chi connectivity index (χ2v) is 9.00. The van der Waals surface area contributed by atoms with Crippen LogP contribution in [0.15, 0.2) is 46.0 Å². The summed E-state index contributed by atoms with van der Waals surface area (Å²) in [5.74, 6) is -0.419. The molecule has 0 saturated carbocycles. The van der Waals surface area contributed by atoms with Gasteiger partial charge >= 0.3 is 5.97 Å². The SMILES string of the molecule is COC(=O)C1=C(CN2CC3C[C@H](C2)O3)NC(c2nccs2)=NC1c1ccc(F)cc1Cl. The van der Waals surface area contributed by atoms with Gasteiger partial charge in [-0.15, -0.1) is 11.3 Å². The fourth-order valence-corrected chi connectivity index (χ4v) is 5.12. The predicted octanol–water partition coefficient (Wildman–Crippen LogP) is 2.93. The molecule has 5 heterocycles. The van der Waals surface area contributed by atoms with Crippen molar-refractivity contribution >= 4 is 34.7 Å². The molecule has 0 radical (unpaired) electrons. The van der Waals surface area contributed by atoms with Crippen LogP contribution in [0, 0.1) is 5.82 Å². The van der Waals surface area contributed by atoms with E-state index in [1.54, 1.807) is 12.3 Å². The van der Waals surface area contributed by atoms with E-state index in [2.05, 4.69) is 15.2 Å². The van der Waals surface area contributed by atoms with Gasteiger partial charge in [-0.2, -0.15) is 0 Å². The fraction of sp³-hybridized carbons (Fsp3) is 0.381. The van der Waals surface area contributed by atoms with E-state index < -0.39 is 17.8 Å². The molecule has 7 nitrogen and oxygen atoms in total. The molecule has 1 aromatic heterocycles. The molecule has 1 N–H and O–H groups in total. The van der Waals surface area contributed by atoms with E-state index in [0.29, 0.717) is 34.2 Å². The van der Waals surface area contributed by atoms with Crippen LogP contribution < -0.4 is 5.32 Å². The van der Waals surface area contributed by atoms with Gasteiger partial charge in [0.2, 0.25) is 0 Å². The van der Waals surface area contributed by atoms with Gasteiger partial charge in [-0.05, 0) is 12.1 Å². The standard InChI is InChI=1S/C21H20ClFN4O3S/c1-29-21(28)17-16(10-27-8-12-7-13(9-27)30-12)25-19(20-24-4-5-31-20)26-18(17)14-3-2-11(23)6-15(14)22/h2-6,12-13,18H,7-10H2,1H3,(H,25,26)/t12-,13?,18?/m1/s1. The zero-order valence-electron chi connectivity index (χ0n) is 16.7. The first-order valence-electron chi connectivity index (χ1n) is 9.90. The Labute approximate surface area is 187 Å². The highest BCUT2D eigenvalue weighted by Gasteiger charge is 2.40. The maximum atomic E-state index is 13.7. The van der Waals surface area contributed by atoms with Gasteiger partial charge < -0.3 is 14.8 Å². The lowest BCUT2D eigenvalue weighted by Gasteiger charge is -2.47. The summed E-state index contributed by atoms with van der Waals surface area (Å²) in [6.45, 7) is 2.09. The predicted molar refractivity (Wildman–Crippen MR) is 115 cm³/mol. The quantitative estimate of drug-likeness (QED) is 0.688. The molecular formula is C21H20ClFN4O3S. The molecule has 6 rings (SSSR count). The summed E-state index contributed by atoms with van der Waals surface area (Å²) >= 11 is 7.80. The minimum Gasteiger partial charge on any atom is -0.466 e. The van der Waals surface area contributed by atoms with Crippen molar-refractivity contribution in [3.05, 3.63) is 62.5 Å². The summed E-state index contributed by atoms with van der Waals surface area (Å²) < 4.78 is 24.5. The number of fused-ring (bicyclic) bond motifs is 2. The number of hydrogen-bond donors (Lipinski definition) is 1. The molecule has 3 atom stereocenters. The van der Waals surface area contributed by atoms with Crippen LogP contribution in [0.25, 0.3) is 0 Å². The molecule has 0 spiro atoms. The van der Waals surface area contributed by atoms with Crippen LogP contribution in [0.2, 0.25) is 5.02 Å². The number of hydrogen-bond acceptors (Lipinski definition) is 8. The summed E-state index contributed by atoms with van der Waals surface area (Å²) in [7, 11) is 1.33. The topological polar surface area (TPSA) is 76.0 Å². The molecule has 10 heteroatoms. The molecule has 3 fully saturated rings. The number of thiazole rings is 1. The van der Waals surface area contributed by atoms with E-state index in [1.807, 2.05) is 5.38 Å². The number of methoxy groups -OCH3 is 1. The Bertz CT molecular complexity index is 1060. The van der Waals surface area contributed by atoms with Crippen LogP contribution >= 0.6 is 22.9 Å². The minimum absolute atomic E-state index is 0.197. The number of ether oxygens (including phenoxy) is 2. The highest BCUT2D eigenvalue weighted by atomic mass is 35.5. The molecule has 162 valence electrons. The number of nitrogens with zero attached hydrogens (tertiary/aromatic N) is 3. The third-order valence-electron chi connectivity index (χ3n) is 5.64. The highest BCUT2D eigenvalue weighted by Crippen LogP contribution is 2.37.